The van der Waals surface area contributed by atoms with Gasteiger partial charge in [-0.05, 0) is 61.6 Å². The number of fused-ring (bicyclic) bond motifs is 2. The van der Waals surface area contributed by atoms with Gasteiger partial charge in [-0.15, -0.1) is 0 Å². The fraction of sp³-hybridized carbons (Fsp3) is 0.579. The normalized spacial score (nSPS) is 22.0. The molecule has 3 aliphatic rings. The number of benzene rings is 1. The van der Waals surface area contributed by atoms with Crippen LogP contribution in [0.3, 0.4) is 0 Å². The van der Waals surface area contributed by atoms with E-state index in [-0.39, 0.29) is 15.9 Å². The lowest BCUT2D eigenvalue weighted by molar-refractivity contribution is 0.328. The molecule has 0 saturated carbocycles. The van der Waals surface area contributed by atoms with Crippen LogP contribution in [-0.2, 0) is 5.41 Å². The second-order valence-corrected chi connectivity index (χ2v) is 39.9. The molecule has 0 heterocycles. The lowest BCUT2D eigenvalue weighted by Gasteiger charge is -2.62. The predicted molar refractivity (Wildman–Crippen MR) is 203 cm³/mol. The first-order valence-corrected chi connectivity index (χ1v) is 30.4. The van der Waals surface area contributed by atoms with E-state index in [0.717, 1.165) is 6.42 Å². The van der Waals surface area contributed by atoms with Crippen molar-refractivity contribution >= 4 is 49.1 Å². The number of hydrogen-bond acceptors (Lipinski definition) is 0. The van der Waals surface area contributed by atoms with E-state index in [1.54, 1.807) is 32.7 Å². The highest BCUT2D eigenvalue weighted by molar-refractivity contribution is 6.95. The lowest BCUT2D eigenvalue weighted by Crippen LogP contribution is -2.59. The summed E-state index contributed by atoms with van der Waals surface area (Å²) in [4.78, 5) is 0. The summed E-state index contributed by atoms with van der Waals surface area (Å²) >= 11 is 0. The summed E-state index contributed by atoms with van der Waals surface area (Å²) in [5.74, 6) is 0. The number of rotatable bonds is 5. The van der Waals surface area contributed by atoms with Crippen molar-refractivity contribution in [1.82, 2.24) is 0 Å². The Labute approximate surface area is 263 Å². The van der Waals surface area contributed by atoms with Crippen molar-refractivity contribution in [2.75, 3.05) is 0 Å². The predicted octanol–water partition coefficient (Wildman–Crippen LogP) is 9.85. The first-order valence-electron chi connectivity index (χ1n) is 16.4. The molecule has 1 aromatic rings. The number of allylic oxidation sites excluding steroid dienone is 8. The van der Waals surface area contributed by atoms with Gasteiger partial charge in [-0.3, -0.25) is 0 Å². The van der Waals surface area contributed by atoms with Crippen LogP contribution in [0.15, 0.2) is 57.5 Å². The van der Waals surface area contributed by atoms with Crippen molar-refractivity contribution in [2.24, 2.45) is 5.41 Å². The Kier molecular flexibility index (Phi) is 7.93. The Morgan fingerprint density at radius 3 is 1.67 bits per heavy atom. The molecule has 0 aromatic heterocycles. The molecule has 0 saturated heterocycles. The Hall–Kier alpha value is -1.21. The summed E-state index contributed by atoms with van der Waals surface area (Å²) in [7, 11) is -7.17. The quantitative estimate of drug-likeness (QED) is 0.284. The molecular formula is C38H62Si4. The van der Waals surface area contributed by atoms with E-state index in [1.807, 2.05) is 10.4 Å². The van der Waals surface area contributed by atoms with E-state index < -0.39 is 32.3 Å². The Bertz CT molecular complexity index is 1550. The van der Waals surface area contributed by atoms with E-state index >= 15 is 0 Å². The maximum atomic E-state index is 2.70. The molecule has 0 bridgehead atoms. The monoisotopic (exact) mass is 630 g/mol. The first kappa shape index (κ1) is 33.7. The smallest absolute Gasteiger partial charge is 0.0784 e. The highest BCUT2D eigenvalue weighted by Gasteiger charge is 2.63. The molecular weight excluding hydrogens is 569 g/mol. The molecule has 1 aromatic carbocycles. The van der Waals surface area contributed by atoms with E-state index in [0.29, 0.717) is 0 Å². The zero-order chi connectivity index (χ0) is 32.2. The second kappa shape index (κ2) is 9.89. The molecule has 1 atom stereocenters. The fourth-order valence-corrected chi connectivity index (χ4v) is 23.7. The van der Waals surface area contributed by atoms with Crippen LogP contribution in [0.25, 0.3) is 11.6 Å². The summed E-state index contributed by atoms with van der Waals surface area (Å²) in [5.41, 5.74) is 8.29. The van der Waals surface area contributed by atoms with Crippen LogP contribution >= 0.6 is 0 Å². The van der Waals surface area contributed by atoms with Gasteiger partial charge in [0.2, 0.25) is 0 Å². The minimum atomic E-state index is -1.87. The second-order valence-electron chi connectivity index (χ2n) is 19.6. The SMILES string of the molecule is CC(C)(C)c1cc([Si](C)(C)C)c2c(c1)=CC1=C(C3=CC=CC3)C(C(C)(C)C)([Si](C)(C)C)C([Si](C)(C)C)=C([Si](C)(C)C)C=21. The standard InChI is InChI=1S/C38H62Si4/c1-36(2,3)28-23-27-24-29-32(31(27)30(25-28)39(7,8)9)34(40(10,11)12)35(41(13,14)15)38(37(4,5)6,42(16,17)18)33(29)26-21-19-20-22-26/h19-21,23-25H,22H2,1-18H3. The van der Waals surface area contributed by atoms with Crippen LogP contribution in [0.4, 0.5) is 0 Å². The molecule has 0 amide bonds. The van der Waals surface area contributed by atoms with Gasteiger partial charge >= 0.3 is 0 Å². The van der Waals surface area contributed by atoms with Gasteiger partial charge in [-0.1, -0.05) is 166 Å². The summed E-state index contributed by atoms with van der Waals surface area (Å²) in [5, 5.41) is 8.62. The Morgan fingerprint density at radius 2 is 1.29 bits per heavy atom. The van der Waals surface area contributed by atoms with Gasteiger partial charge in [0, 0.05) is 5.04 Å². The maximum Gasteiger partial charge on any atom is 0.0784 e. The maximum absolute atomic E-state index is 2.70. The van der Waals surface area contributed by atoms with Crippen LogP contribution < -0.4 is 15.6 Å². The molecule has 0 aliphatic heterocycles. The first-order chi connectivity index (χ1) is 18.7. The van der Waals surface area contributed by atoms with Crippen molar-refractivity contribution in [1.29, 1.82) is 0 Å². The zero-order valence-electron chi connectivity index (χ0n) is 30.7. The topological polar surface area (TPSA) is 0 Å². The molecule has 0 radical (unpaired) electrons. The third-order valence-electron chi connectivity index (χ3n) is 10.0. The molecule has 1 unspecified atom stereocenters. The van der Waals surface area contributed by atoms with Gasteiger partial charge in [0.1, 0.15) is 0 Å². The number of hydrogen-bond donors (Lipinski definition) is 0. The summed E-state index contributed by atoms with van der Waals surface area (Å²) in [6.45, 7) is 46.8. The highest BCUT2D eigenvalue weighted by Crippen LogP contribution is 2.71. The minimum absolute atomic E-state index is 0.0709. The fourth-order valence-electron chi connectivity index (χ4n) is 8.90. The van der Waals surface area contributed by atoms with Crippen molar-refractivity contribution in [3.63, 3.8) is 0 Å². The minimum Gasteiger partial charge on any atom is -0.0801 e. The molecule has 0 N–H and O–H groups in total. The third kappa shape index (κ3) is 5.14. The molecule has 42 heavy (non-hydrogen) atoms. The van der Waals surface area contributed by atoms with E-state index in [4.69, 9.17) is 0 Å². The van der Waals surface area contributed by atoms with Gasteiger partial charge < -0.3 is 0 Å². The van der Waals surface area contributed by atoms with E-state index in [2.05, 4.69) is 157 Å². The van der Waals surface area contributed by atoms with Crippen LogP contribution in [0.2, 0.25) is 83.6 Å². The summed E-state index contributed by atoms with van der Waals surface area (Å²) in [6.07, 6.45) is 11.0. The molecule has 4 rings (SSSR count). The molecule has 230 valence electrons. The average Bonchev–Trinajstić information content (AvgIpc) is 3.40. The van der Waals surface area contributed by atoms with E-state index in [9.17, 15) is 0 Å². The molecule has 3 aliphatic carbocycles. The van der Waals surface area contributed by atoms with Crippen molar-refractivity contribution in [2.45, 2.75) is 137 Å². The van der Waals surface area contributed by atoms with Crippen molar-refractivity contribution in [3.05, 3.63) is 73.5 Å². The lowest BCUT2D eigenvalue weighted by atomic mass is 9.67. The highest BCUT2D eigenvalue weighted by atomic mass is 28.3. The summed E-state index contributed by atoms with van der Waals surface area (Å²) in [6, 6.07) is 5.23. The van der Waals surface area contributed by atoms with Gasteiger partial charge in [0.15, 0.2) is 0 Å². The molecule has 0 fully saturated rings. The van der Waals surface area contributed by atoms with E-state index in [1.165, 1.54) is 10.8 Å². The van der Waals surface area contributed by atoms with Gasteiger partial charge in [-0.25, -0.2) is 0 Å². The Morgan fingerprint density at radius 1 is 0.714 bits per heavy atom. The van der Waals surface area contributed by atoms with Crippen LogP contribution in [0.1, 0.15) is 53.5 Å². The van der Waals surface area contributed by atoms with Crippen molar-refractivity contribution in [3.8, 4) is 0 Å². The van der Waals surface area contributed by atoms with Gasteiger partial charge in [0.25, 0.3) is 0 Å². The Balaban J connectivity index is 2.51. The zero-order valence-corrected chi connectivity index (χ0v) is 34.7. The average molecular weight is 631 g/mol. The molecule has 0 spiro atoms. The molecule has 0 nitrogen and oxygen atoms in total. The van der Waals surface area contributed by atoms with Gasteiger partial charge in [-0.2, -0.15) is 0 Å². The van der Waals surface area contributed by atoms with Crippen LogP contribution in [0, 0.1) is 5.41 Å². The van der Waals surface area contributed by atoms with Crippen LogP contribution in [0.5, 0.6) is 0 Å². The third-order valence-corrected chi connectivity index (χ3v) is 20.2. The van der Waals surface area contributed by atoms with Crippen LogP contribution in [-0.4, -0.2) is 32.3 Å². The van der Waals surface area contributed by atoms with Gasteiger partial charge in [0.05, 0.1) is 32.3 Å². The summed E-state index contributed by atoms with van der Waals surface area (Å²) < 4.78 is 0. The molecule has 4 heteroatoms. The largest absolute Gasteiger partial charge is 0.0801 e. The van der Waals surface area contributed by atoms with Crippen molar-refractivity contribution < 1.29 is 0 Å².